The Morgan fingerprint density at radius 3 is 2.31 bits per heavy atom. The molecule has 0 saturated heterocycles. The van der Waals surface area contributed by atoms with Crippen LogP contribution in [0.25, 0.3) is 10.8 Å². The zero-order valence-corrected chi connectivity index (χ0v) is 13.5. The molecule has 0 aliphatic rings. The van der Waals surface area contributed by atoms with E-state index in [0.29, 0.717) is 5.56 Å². The van der Waals surface area contributed by atoms with Crippen molar-refractivity contribution in [3.63, 3.8) is 0 Å². The fourth-order valence-corrected chi connectivity index (χ4v) is 2.42. The second kappa shape index (κ2) is 7.04. The summed E-state index contributed by atoms with van der Waals surface area (Å²) < 4.78 is 73.0. The van der Waals surface area contributed by atoms with Crippen LogP contribution in [-0.4, -0.2) is 6.61 Å². The van der Waals surface area contributed by atoms with E-state index in [9.17, 15) is 22.0 Å². The molecule has 0 spiro atoms. The van der Waals surface area contributed by atoms with Crippen molar-refractivity contribution in [3.8, 4) is 17.6 Å². The molecule has 3 aromatic rings. The van der Waals surface area contributed by atoms with Gasteiger partial charge in [0.1, 0.15) is 0 Å². The van der Waals surface area contributed by atoms with Crippen molar-refractivity contribution in [1.82, 2.24) is 0 Å². The second-order valence-electron chi connectivity index (χ2n) is 5.34. The van der Waals surface area contributed by atoms with E-state index in [0.717, 1.165) is 6.07 Å². The Labute approximate surface area is 146 Å². The van der Waals surface area contributed by atoms with Crippen LogP contribution in [0.3, 0.4) is 0 Å². The first-order valence-electron chi connectivity index (χ1n) is 7.62. The average molecular weight is 362 g/mol. The van der Waals surface area contributed by atoms with Crippen LogP contribution in [0.5, 0.6) is 5.75 Å². The molecule has 0 radical (unpaired) electrons. The predicted molar refractivity (Wildman–Crippen MR) is 87.3 cm³/mol. The van der Waals surface area contributed by atoms with Gasteiger partial charge in [0.05, 0.1) is 12.2 Å². The van der Waals surface area contributed by atoms with Crippen LogP contribution < -0.4 is 4.74 Å². The molecule has 6 heteroatoms. The minimum Gasteiger partial charge on any atom is -0.491 e. The number of ether oxygens (including phenoxy) is 1. The van der Waals surface area contributed by atoms with Crippen LogP contribution in [0.15, 0.2) is 36.4 Å². The van der Waals surface area contributed by atoms with Gasteiger partial charge in [-0.3, -0.25) is 0 Å². The molecule has 0 aromatic heterocycles. The molecule has 26 heavy (non-hydrogen) atoms. The van der Waals surface area contributed by atoms with Gasteiger partial charge in [0.25, 0.3) is 0 Å². The number of halogens is 5. The highest BCUT2D eigenvalue weighted by Gasteiger charge is 2.14. The monoisotopic (exact) mass is 362 g/mol. The number of hydrogen-bond donors (Lipinski definition) is 0. The molecule has 0 amide bonds. The lowest BCUT2D eigenvalue weighted by Crippen LogP contribution is -1.98. The molecule has 3 rings (SSSR count). The maximum Gasteiger partial charge on any atom is 0.201 e. The normalized spacial score (nSPS) is 10.5. The Bertz CT molecular complexity index is 1060. The Hall–Kier alpha value is -3.07. The van der Waals surface area contributed by atoms with Crippen molar-refractivity contribution < 1.29 is 26.7 Å². The zero-order valence-electron chi connectivity index (χ0n) is 13.5. The Morgan fingerprint density at radius 1 is 0.808 bits per heavy atom. The first kappa shape index (κ1) is 17.7. The van der Waals surface area contributed by atoms with Gasteiger partial charge in [-0.1, -0.05) is 17.9 Å². The third-order valence-electron chi connectivity index (χ3n) is 3.66. The van der Waals surface area contributed by atoms with E-state index >= 15 is 0 Å². The third kappa shape index (κ3) is 3.21. The zero-order chi connectivity index (χ0) is 18.8. The highest BCUT2D eigenvalue weighted by Crippen LogP contribution is 2.25. The van der Waals surface area contributed by atoms with Gasteiger partial charge >= 0.3 is 0 Å². The largest absolute Gasteiger partial charge is 0.491 e. The van der Waals surface area contributed by atoms with Gasteiger partial charge < -0.3 is 4.74 Å². The lowest BCUT2D eigenvalue weighted by Gasteiger charge is -2.05. The fraction of sp³-hybridized carbons (Fsp3) is 0.100. The SMILES string of the molecule is CCOc1ccc(C#Cc2ccc3c(F)c(F)c(F)cc3c2)c(F)c1F. The lowest BCUT2D eigenvalue weighted by molar-refractivity contribution is 0.314. The third-order valence-corrected chi connectivity index (χ3v) is 3.66. The summed E-state index contributed by atoms with van der Waals surface area (Å²) in [4.78, 5) is 0. The summed E-state index contributed by atoms with van der Waals surface area (Å²) in [5, 5.41) is -0.000659. The summed E-state index contributed by atoms with van der Waals surface area (Å²) in [5.41, 5.74) is 0.110. The molecule has 132 valence electrons. The van der Waals surface area contributed by atoms with Gasteiger partial charge in [0, 0.05) is 10.9 Å². The van der Waals surface area contributed by atoms with Gasteiger partial charge in [-0.25, -0.2) is 17.6 Å². The average Bonchev–Trinajstić information content (AvgIpc) is 2.63. The van der Waals surface area contributed by atoms with Crippen LogP contribution in [0.1, 0.15) is 18.1 Å². The van der Waals surface area contributed by atoms with E-state index in [4.69, 9.17) is 4.74 Å². The molecular weight excluding hydrogens is 351 g/mol. The van der Waals surface area contributed by atoms with E-state index in [-0.39, 0.29) is 28.7 Å². The van der Waals surface area contributed by atoms with Crippen LogP contribution in [0, 0.1) is 40.9 Å². The summed E-state index contributed by atoms with van der Waals surface area (Å²) in [7, 11) is 0. The Kier molecular flexibility index (Phi) is 4.81. The Morgan fingerprint density at radius 2 is 1.58 bits per heavy atom. The van der Waals surface area contributed by atoms with Gasteiger partial charge in [0.2, 0.25) is 5.82 Å². The quantitative estimate of drug-likeness (QED) is 0.340. The summed E-state index contributed by atoms with van der Waals surface area (Å²) in [6.07, 6.45) is 0. The number of fused-ring (bicyclic) bond motifs is 1. The summed E-state index contributed by atoms with van der Waals surface area (Å²) in [5.74, 6) is -1.62. The molecule has 0 saturated carbocycles. The molecule has 1 nitrogen and oxygen atoms in total. The van der Waals surface area contributed by atoms with Crippen molar-refractivity contribution >= 4 is 10.8 Å². The maximum atomic E-state index is 14.0. The first-order valence-corrected chi connectivity index (χ1v) is 7.62. The topological polar surface area (TPSA) is 9.23 Å². The standard InChI is InChI=1S/C20H11F5O/c1-2-26-16-8-6-12(17(22)20(16)25)5-3-11-4-7-14-13(9-11)10-15(21)19(24)18(14)23/h4,6-10H,2H2,1H3. The molecule has 3 aromatic carbocycles. The molecule has 0 fully saturated rings. The van der Waals surface area contributed by atoms with E-state index in [2.05, 4.69) is 11.8 Å². The van der Waals surface area contributed by atoms with E-state index in [1.165, 1.54) is 30.3 Å². The second-order valence-corrected chi connectivity index (χ2v) is 5.34. The number of rotatable bonds is 2. The van der Waals surface area contributed by atoms with Crippen LogP contribution in [-0.2, 0) is 0 Å². The van der Waals surface area contributed by atoms with E-state index < -0.39 is 29.1 Å². The van der Waals surface area contributed by atoms with E-state index in [1.54, 1.807) is 6.92 Å². The van der Waals surface area contributed by atoms with Crippen LogP contribution in [0.2, 0.25) is 0 Å². The minimum absolute atomic E-state index is 0.103. The molecule has 0 unspecified atom stereocenters. The van der Waals surface area contributed by atoms with Gasteiger partial charge in [-0.2, -0.15) is 4.39 Å². The Balaban J connectivity index is 2.01. The summed E-state index contributed by atoms with van der Waals surface area (Å²) >= 11 is 0. The molecule has 0 aliphatic carbocycles. The molecule has 0 N–H and O–H groups in total. The van der Waals surface area contributed by atoms with Gasteiger partial charge in [-0.05, 0) is 42.6 Å². The van der Waals surface area contributed by atoms with Crippen molar-refractivity contribution in [2.75, 3.05) is 6.61 Å². The van der Waals surface area contributed by atoms with Crippen molar-refractivity contribution in [1.29, 1.82) is 0 Å². The highest BCUT2D eigenvalue weighted by atomic mass is 19.2. The molecule has 0 bridgehead atoms. The first-order chi connectivity index (χ1) is 12.4. The van der Waals surface area contributed by atoms with Gasteiger partial charge in [-0.15, -0.1) is 0 Å². The lowest BCUT2D eigenvalue weighted by atomic mass is 10.1. The van der Waals surface area contributed by atoms with E-state index in [1.807, 2.05) is 0 Å². The van der Waals surface area contributed by atoms with Crippen LogP contribution in [0.4, 0.5) is 22.0 Å². The van der Waals surface area contributed by atoms with Crippen LogP contribution >= 0.6 is 0 Å². The molecular formula is C20H11F5O. The van der Waals surface area contributed by atoms with Crippen molar-refractivity contribution in [2.45, 2.75) is 6.92 Å². The number of benzene rings is 3. The van der Waals surface area contributed by atoms with Crippen molar-refractivity contribution in [2.24, 2.45) is 0 Å². The fourth-order valence-electron chi connectivity index (χ4n) is 2.42. The molecule has 0 atom stereocenters. The molecule has 0 heterocycles. The van der Waals surface area contributed by atoms with Crippen molar-refractivity contribution in [3.05, 3.63) is 76.6 Å². The van der Waals surface area contributed by atoms with Gasteiger partial charge in [0.15, 0.2) is 29.0 Å². The summed E-state index contributed by atoms with van der Waals surface area (Å²) in [6.45, 7) is 1.83. The number of hydrogen-bond acceptors (Lipinski definition) is 1. The summed E-state index contributed by atoms with van der Waals surface area (Å²) in [6, 6.07) is 7.32. The predicted octanol–water partition coefficient (Wildman–Crippen LogP) is 5.33. The smallest absolute Gasteiger partial charge is 0.201 e. The molecule has 0 aliphatic heterocycles. The highest BCUT2D eigenvalue weighted by molar-refractivity contribution is 5.84. The maximum absolute atomic E-state index is 14.0. The minimum atomic E-state index is -1.55.